The number of benzene rings is 1. The zero-order valence-electron chi connectivity index (χ0n) is 14.8. The SMILES string of the molecule is CCC[C@@H](C)N1CCN(C(=O)CCc2ccc(OC)cc2)CC1. The van der Waals surface area contributed by atoms with E-state index in [1.54, 1.807) is 7.11 Å². The van der Waals surface area contributed by atoms with E-state index in [9.17, 15) is 4.79 Å². The molecule has 0 N–H and O–H groups in total. The second kappa shape index (κ2) is 8.92. The Morgan fingerprint density at radius 3 is 2.39 bits per heavy atom. The maximum atomic E-state index is 12.4. The summed E-state index contributed by atoms with van der Waals surface area (Å²) in [7, 11) is 1.67. The standard InChI is InChI=1S/C19H30N2O2/c1-4-5-16(2)20-12-14-21(15-13-20)19(22)11-8-17-6-9-18(23-3)10-7-17/h6-7,9-10,16H,4-5,8,11-15H2,1-3H3/t16-/m1/s1. The van der Waals surface area contributed by atoms with Crippen molar-refractivity contribution in [3.8, 4) is 5.75 Å². The molecule has 0 spiro atoms. The van der Waals surface area contributed by atoms with Crippen molar-refractivity contribution in [1.82, 2.24) is 9.80 Å². The number of ether oxygens (including phenoxy) is 1. The lowest BCUT2D eigenvalue weighted by molar-refractivity contribution is -0.133. The smallest absolute Gasteiger partial charge is 0.222 e. The van der Waals surface area contributed by atoms with Crippen molar-refractivity contribution in [1.29, 1.82) is 0 Å². The highest BCUT2D eigenvalue weighted by atomic mass is 16.5. The average Bonchev–Trinajstić information content (AvgIpc) is 2.60. The van der Waals surface area contributed by atoms with Gasteiger partial charge in [-0.25, -0.2) is 0 Å². The second-order valence-electron chi connectivity index (χ2n) is 6.40. The summed E-state index contributed by atoms with van der Waals surface area (Å²) < 4.78 is 5.16. The van der Waals surface area contributed by atoms with Crippen LogP contribution in [0.2, 0.25) is 0 Å². The maximum absolute atomic E-state index is 12.4. The Kier molecular flexibility index (Phi) is 6.90. The van der Waals surface area contributed by atoms with Crippen molar-refractivity contribution < 1.29 is 9.53 Å². The van der Waals surface area contributed by atoms with Crippen LogP contribution in [0.5, 0.6) is 5.75 Å². The van der Waals surface area contributed by atoms with Crippen LogP contribution in [0.15, 0.2) is 24.3 Å². The fourth-order valence-corrected chi connectivity index (χ4v) is 3.21. The van der Waals surface area contributed by atoms with Crippen LogP contribution in [0, 0.1) is 0 Å². The van der Waals surface area contributed by atoms with E-state index in [1.807, 2.05) is 29.2 Å². The minimum Gasteiger partial charge on any atom is -0.497 e. The lowest BCUT2D eigenvalue weighted by Crippen LogP contribution is -2.51. The molecule has 1 atom stereocenters. The van der Waals surface area contributed by atoms with Gasteiger partial charge in [-0.1, -0.05) is 25.5 Å². The molecule has 0 radical (unpaired) electrons. The molecular formula is C19H30N2O2. The molecule has 0 aliphatic carbocycles. The third-order valence-electron chi connectivity index (χ3n) is 4.78. The summed E-state index contributed by atoms with van der Waals surface area (Å²) in [6.07, 6.45) is 3.86. The summed E-state index contributed by atoms with van der Waals surface area (Å²) in [5.74, 6) is 1.14. The molecule has 0 saturated carbocycles. The number of nitrogens with zero attached hydrogens (tertiary/aromatic N) is 2. The molecule has 4 nitrogen and oxygen atoms in total. The number of carbonyl (C=O) groups is 1. The number of rotatable bonds is 7. The van der Waals surface area contributed by atoms with E-state index in [0.29, 0.717) is 12.5 Å². The van der Waals surface area contributed by atoms with Crippen molar-refractivity contribution in [3.63, 3.8) is 0 Å². The Morgan fingerprint density at radius 2 is 1.83 bits per heavy atom. The molecule has 1 aromatic rings. The van der Waals surface area contributed by atoms with E-state index in [-0.39, 0.29) is 5.91 Å². The van der Waals surface area contributed by atoms with Gasteiger partial charge in [0.2, 0.25) is 5.91 Å². The first-order valence-electron chi connectivity index (χ1n) is 8.78. The number of methoxy groups -OCH3 is 1. The first kappa shape index (κ1) is 17.8. The molecule has 1 aliphatic heterocycles. The lowest BCUT2D eigenvalue weighted by Gasteiger charge is -2.38. The molecule has 4 heteroatoms. The topological polar surface area (TPSA) is 32.8 Å². The molecule has 2 rings (SSSR count). The van der Waals surface area contributed by atoms with Crippen molar-refractivity contribution in [2.24, 2.45) is 0 Å². The second-order valence-corrected chi connectivity index (χ2v) is 6.40. The zero-order valence-corrected chi connectivity index (χ0v) is 14.8. The van der Waals surface area contributed by atoms with Gasteiger partial charge in [-0.2, -0.15) is 0 Å². The third-order valence-corrected chi connectivity index (χ3v) is 4.78. The summed E-state index contributed by atoms with van der Waals surface area (Å²) in [6, 6.07) is 8.62. The largest absolute Gasteiger partial charge is 0.497 e. The van der Waals surface area contributed by atoms with Gasteiger partial charge in [0, 0.05) is 38.6 Å². The first-order valence-corrected chi connectivity index (χ1v) is 8.78. The third kappa shape index (κ3) is 5.24. The van der Waals surface area contributed by atoms with E-state index in [4.69, 9.17) is 4.74 Å². The molecule has 128 valence electrons. The molecule has 1 aromatic carbocycles. The quantitative estimate of drug-likeness (QED) is 0.775. The maximum Gasteiger partial charge on any atom is 0.222 e. The molecule has 1 aliphatic rings. The summed E-state index contributed by atoms with van der Waals surface area (Å²) in [5, 5.41) is 0. The number of aryl methyl sites for hydroxylation is 1. The van der Waals surface area contributed by atoms with Crippen molar-refractivity contribution >= 4 is 5.91 Å². The molecule has 0 unspecified atom stereocenters. The van der Waals surface area contributed by atoms with Gasteiger partial charge in [0.25, 0.3) is 0 Å². The molecule has 0 bridgehead atoms. The molecule has 1 heterocycles. The van der Waals surface area contributed by atoms with Crippen molar-refractivity contribution in [2.75, 3.05) is 33.3 Å². The predicted molar refractivity (Wildman–Crippen MR) is 93.8 cm³/mol. The van der Waals surface area contributed by atoms with Gasteiger partial charge in [-0.3, -0.25) is 9.69 Å². The van der Waals surface area contributed by atoms with Crippen LogP contribution in [0.4, 0.5) is 0 Å². The Morgan fingerprint density at radius 1 is 1.17 bits per heavy atom. The Hall–Kier alpha value is -1.55. The van der Waals surface area contributed by atoms with Crippen LogP contribution >= 0.6 is 0 Å². The summed E-state index contributed by atoms with van der Waals surface area (Å²) in [6.45, 7) is 8.29. The van der Waals surface area contributed by atoms with E-state index in [0.717, 1.165) is 38.3 Å². The number of piperazine rings is 1. The van der Waals surface area contributed by atoms with Gasteiger partial charge in [0.05, 0.1) is 7.11 Å². The molecule has 1 fully saturated rings. The minimum absolute atomic E-state index is 0.281. The van der Waals surface area contributed by atoms with Gasteiger partial charge in [0.15, 0.2) is 0 Å². The molecule has 0 aromatic heterocycles. The fraction of sp³-hybridized carbons (Fsp3) is 0.632. The molecule has 23 heavy (non-hydrogen) atoms. The predicted octanol–water partition coefficient (Wildman–Crippen LogP) is 2.96. The van der Waals surface area contributed by atoms with Gasteiger partial charge in [-0.05, 0) is 37.5 Å². The fourth-order valence-electron chi connectivity index (χ4n) is 3.21. The van der Waals surface area contributed by atoms with Crippen LogP contribution in [0.25, 0.3) is 0 Å². The van der Waals surface area contributed by atoms with E-state index < -0.39 is 0 Å². The van der Waals surface area contributed by atoms with Crippen LogP contribution in [-0.2, 0) is 11.2 Å². The van der Waals surface area contributed by atoms with E-state index in [1.165, 1.54) is 18.4 Å². The molecule has 1 amide bonds. The van der Waals surface area contributed by atoms with E-state index in [2.05, 4.69) is 18.7 Å². The number of amides is 1. The van der Waals surface area contributed by atoms with Crippen LogP contribution in [-0.4, -0.2) is 55.0 Å². The van der Waals surface area contributed by atoms with Gasteiger partial charge in [0.1, 0.15) is 5.75 Å². The molecular weight excluding hydrogens is 288 g/mol. The highest BCUT2D eigenvalue weighted by Crippen LogP contribution is 2.14. The van der Waals surface area contributed by atoms with Crippen LogP contribution in [0.3, 0.4) is 0 Å². The zero-order chi connectivity index (χ0) is 16.7. The van der Waals surface area contributed by atoms with Gasteiger partial charge in [-0.15, -0.1) is 0 Å². The first-order chi connectivity index (χ1) is 11.1. The highest BCUT2D eigenvalue weighted by Gasteiger charge is 2.23. The Bertz CT molecular complexity index is 479. The Balaban J connectivity index is 1.74. The Labute approximate surface area is 140 Å². The van der Waals surface area contributed by atoms with Crippen molar-refractivity contribution in [2.45, 2.75) is 45.6 Å². The van der Waals surface area contributed by atoms with Crippen LogP contribution in [0.1, 0.15) is 38.7 Å². The van der Waals surface area contributed by atoms with Gasteiger partial charge >= 0.3 is 0 Å². The molecule has 1 saturated heterocycles. The summed E-state index contributed by atoms with van der Waals surface area (Å²) in [4.78, 5) is 16.9. The number of hydrogen-bond donors (Lipinski definition) is 0. The number of hydrogen-bond acceptors (Lipinski definition) is 3. The van der Waals surface area contributed by atoms with Crippen LogP contribution < -0.4 is 4.74 Å². The summed E-state index contributed by atoms with van der Waals surface area (Å²) >= 11 is 0. The summed E-state index contributed by atoms with van der Waals surface area (Å²) in [5.41, 5.74) is 1.19. The van der Waals surface area contributed by atoms with E-state index >= 15 is 0 Å². The van der Waals surface area contributed by atoms with Gasteiger partial charge < -0.3 is 9.64 Å². The monoisotopic (exact) mass is 318 g/mol. The minimum atomic E-state index is 0.281. The lowest BCUT2D eigenvalue weighted by atomic mass is 10.1. The average molecular weight is 318 g/mol. The normalized spacial score (nSPS) is 17.1. The van der Waals surface area contributed by atoms with Crippen molar-refractivity contribution in [3.05, 3.63) is 29.8 Å². The number of carbonyl (C=O) groups excluding carboxylic acids is 1. The highest BCUT2D eigenvalue weighted by molar-refractivity contribution is 5.76.